The highest BCUT2D eigenvalue weighted by Crippen LogP contribution is 2.36. The molecule has 1 unspecified atom stereocenters. The molecule has 0 radical (unpaired) electrons. The number of ether oxygens (including phenoxy) is 2. The number of nitrogen functional groups attached to an aromatic ring is 1. The van der Waals surface area contributed by atoms with E-state index in [0.717, 1.165) is 39.1 Å². The fourth-order valence-corrected chi connectivity index (χ4v) is 4.03. The first-order valence-corrected chi connectivity index (χ1v) is 9.82. The van der Waals surface area contributed by atoms with Gasteiger partial charge in [-0.05, 0) is 44.8 Å². The lowest BCUT2D eigenvalue weighted by Crippen LogP contribution is -2.38. The van der Waals surface area contributed by atoms with E-state index in [1.807, 2.05) is 0 Å². The van der Waals surface area contributed by atoms with Crippen molar-refractivity contribution in [1.82, 2.24) is 15.0 Å². The van der Waals surface area contributed by atoms with Gasteiger partial charge in [-0.1, -0.05) is 16.8 Å². The Morgan fingerprint density at radius 3 is 2.81 bits per heavy atom. The van der Waals surface area contributed by atoms with Gasteiger partial charge in [0.25, 0.3) is 0 Å². The molecule has 3 heterocycles. The predicted octanol–water partition coefficient (Wildman–Crippen LogP) is 3.34. The zero-order valence-electron chi connectivity index (χ0n) is 15.5. The molecule has 0 bridgehead atoms. The highest BCUT2D eigenvalue weighted by Gasteiger charge is 2.28. The zero-order chi connectivity index (χ0) is 18.8. The first kappa shape index (κ1) is 18.5. The summed E-state index contributed by atoms with van der Waals surface area (Å²) in [6, 6.07) is 3.39. The summed E-state index contributed by atoms with van der Waals surface area (Å²) in [5.74, 6) is 2.01. The number of nitrogens with zero attached hydrogens (tertiary/aromatic N) is 3. The molecular weight excluding hydrogens is 368 g/mol. The highest BCUT2D eigenvalue weighted by molar-refractivity contribution is 6.33. The summed E-state index contributed by atoms with van der Waals surface area (Å²) in [6.45, 7) is 3.99. The van der Waals surface area contributed by atoms with Crippen LogP contribution in [0.15, 0.2) is 16.7 Å². The summed E-state index contributed by atoms with van der Waals surface area (Å²) in [7, 11) is 1.58. The molecule has 2 saturated heterocycles. The van der Waals surface area contributed by atoms with Gasteiger partial charge in [0.05, 0.1) is 29.5 Å². The van der Waals surface area contributed by atoms with E-state index in [1.165, 1.54) is 12.8 Å². The van der Waals surface area contributed by atoms with Gasteiger partial charge in [0.15, 0.2) is 0 Å². The third-order valence-corrected chi connectivity index (χ3v) is 5.75. The topological polar surface area (TPSA) is 86.6 Å². The van der Waals surface area contributed by atoms with Gasteiger partial charge in [-0.3, -0.25) is 0 Å². The van der Waals surface area contributed by atoms with Crippen molar-refractivity contribution in [2.75, 3.05) is 39.1 Å². The molecule has 2 aliphatic heterocycles. The monoisotopic (exact) mass is 392 g/mol. The van der Waals surface area contributed by atoms with Crippen LogP contribution < -0.4 is 10.5 Å². The number of methoxy groups -OCH3 is 1. The summed E-state index contributed by atoms with van der Waals surface area (Å²) in [5.41, 5.74) is 6.99. The van der Waals surface area contributed by atoms with Crippen molar-refractivity contribution >= 4 is 17.3 Å². The van der Waals surface area contributed by atoms with Gasteiger partial charge < -0.3 is 24.6 Å². The lowest BCUT2D eigenvalue weighted by atomic mass is 9.96. The van der Waals surface area contributed by atoms with E-state index < -0.39 is 0 Å². The smallest absolute Gasteiger partial charge is 0.230 e. The maximum Gasteiger partial charge on any atom is 0.230 e. The average molecular weight is 393 g/mol. The zero-order valence-corrected chi connectivity index (χ0v) is 16.2. The van der Waals surface area contributed by atoms with Crippen LogP contribution in [0, 0.1) is 0 Å². The Kier molecular flexibility index (Phi) is 5.52. The second-order valence-corrected chi connectivity index (χ2v) is 7.65. The van der Waals surface area contributed by atoms with Crippen LogP contribution >= 0.6 is 11.6 Å². The molecule has 0 aliphatic carbocycles. The van der Waals surface area contributed by atoms with Crippen LogP contribution in [0.25, 0.3) is 11.4 Å². The van der Waals surface area contributed by atoms with Crippen LogP contribution in [0.2, 0.25) is 5.02 Å². The minimum Gasteiger partial charge on any atom is -0.496 e. The van der Waals surface area contributed by atoms with Crippen LogP contribution in [-0.4, -0.2) is 54.5 Å². The molecule has 1 aromatic carbocycles. The van der Waals surface area contributed by atoms with Gasteiger partial charge in [-0.25, -0.2) is 0 Å². The van der Waals surface area contributed by atoms with Crippen LogP contribution in [0.5, 0.6) is 5.75 Å². The molecule has 7 nitrogen and oxygen atoms in total. The molecule has 2 fully saturated rings. The van der Waals surface area contributed by atoms with E-state index in [-0.39, 0.29) is 5.92 Å². The first-order valence-electron chi connectivity index (χ1n) is 9.45. The quantitative estimate of drug-likeness (QED) is 0.781. The van der Waals surface area contributed by atoms with E-state index in [4.69, 9.17) is 31.3 Å². The Morgan fingerprint density at radius 2 is 2.11 bits per heavy atom. The lowest BCUT2D eigenvalue weighted by molar-refractivity contribution is 0.0628. The SMILES string of the molecule is COc1cc(N)c(Cl)cc1-c1noc(C2CCN(CC3CCCO3)CC2)n1. The number of rotatable bonds is 5. The fourth-order valence-electron chi connectivity index (χ4n) is 3.86. The van der Waals surface area contributed by atoms with E-state index in [9.17, 15) is 0 Å². The molecule has 146 valence electrons. The minimum atomic E-state index is 0.280. The van der Waals surface area contributed by atoms with Crippen molar-refractivity contribution in [1.29, 1.82) is 0 Å². The van der Waals surface area contributed by atoms with Crippen molar-refractivity contribution in [2.45, 2.75) is 37.7 Å². The summed E-state index contributed by atoms with van der Waals surface area (Å²) in [4.78, 5) is 7.09. The van der Waals surface area contributed by atoms with Gasteiger partial charge in [-0.15, -0.1) is 0 Å². The molecule has 0 spiro atoms. The molecule has 8 heteroatoms. The fraction of sp³-hybridized carbons (Fsp3) is 0.579. The molecule has 0 saturated carbocycles. The molecule has 4 rings (SSSR count). The lowest BCUT2D eigenvalue weighted by Gasteiger charge is -2.31. The highest BCUT2D eigenvalue weighted by atomic mass is 35.5. The number of anilines is 1. The van der Waals surface area contributed by atoms with Crippen molar-refractivity contribution in [3.8, 4) is 17.1 Å². The molecule has 2 aliphatic rings. The van der Waals surface area contributed by atoms with Crippen molar-refractivity contribution in [3.05, 3.63) is 23.0 Å². The third kappa shape index (κ3) is 4.05. The van der Waals surface area contributed by atoms with Crippen LogP contribution in [0.4, 0.5) is 5.69 Å². The maximum absolute atomic E-state index is 6.15. The second kappa shape index (κ2) is 8.04. The number of piperidine rings is 1. The van der Waals surface area contributed by atoms with Crippen molar-refractivity contribution in [3.63, 3.8) is 0 Å². The molecule has 0 amide bonds. The van der Waals surface area contributed by atoms with Crippen LogP contribution in [0.1, 0.15) is 37.5 Å². The Balaban J connectivity index is 1.42. The molecule has 27 heavy (non-hydrogen) atoms. The number of nitrogens with two attached hydrogens (primary N) is 1. The molecule has 1 atom stereocenters. The predicted molar refractivity (Wildman–Crippen MR) is 103 cm³/mol. The summed E-state index contributed by atoms with van der Waals surface area (Å²) < 4.78 is 16.7. The van der Waals surface area contributed by atoms with E-state index in [0.29, 0.717) is 39.8 Å². The van der Waals surface area contributed by atoms with Crippen molar-refractivity contribution in [2.24, 2.45) is 0 Å². The van der Waals surface area contributed by atoms with E-state index in [2.05, 4.69) is 15.0 Å². The Hall–Kier alpha value is -1.83. The normalized spacial score (nSPS) is 21.6. The largest absolute Gasteiger partial charge is 0.496 e. The molecular formula is C19H25ClN4O3. The van der Waals surface area contributed by atoms with Gasteiger partial charge in [0.2, 0.25) is 11.7 Å². The summed E-state index contributed by atoms with van der Waals surface area (Å²) in [5, 5.41) is 4.59. The van der Waals surface area contributed by atoms with Gasteiger partial charge in [-0.2, -0.15) is 4.98 Å². The van der Waals surface area contributed by atoms with Crippen LogP contribution in [-0.2, 0) is 4.74 Å². The van der Waals surface area contributed by atoms with Gasteiger partial charge in [0.1, 0.15) is 5.75 Å². The summed E-state index contributed by atoms with van der Waals surface area (Å²) >= 11 is 6.15. The molecule has 1 aromatic heterocycles. The van der Waals surface area contributed by atoms with Gasteiger partial charge >= 0.3 is 0 Å². The van der Waals surface area contributed by atoms with E-state index in [1.54, 1.807) is 19.2 Å². The van der Waals surface area contributed by atoms with Crippen LogP contribution in [0.3, 0.4) is 0 Å². The summed E-state index contributed by atoms with van der Waals surface area (Å²) in [6.07, 6.45) is 4.78. The number of likely N-dealkylation sites (tertiary alicyclic amines) is 1. The Labute approximate surface area is 163 Å². The standard InChI is InChI=1S/C19H25ClN4O3/c1-25-17-10-16(21)15(20)9-14(17)18-22-19(27-23-18)12-4-6-24(7-5-12)11-13-3-2-8-26-13/h9-10,12-13H,2-8,11,21H2,1H3. The van der Waals surface area contributed by atoms with Gasteiger partial charge in [0, 0.05) is 25.1 Å². The Morgan fingerprint density at radius 1 is 1.30 bits per heavy atom. The second-order valence-electron chi connectivity index (χ2n) is 7.24. The Bertz CT molecular complexity index is 783. The van der Waals surface area contributed by atoms with Crippen molar-refractivity contribution < 1.29 is 14.0 Å². The number of halogens is 1. The number of hydrogen-bond acceptors (Lipinski definition) is 7. The van der Waals surface area contributed by atoms with E-state index >= 15 is 0 Å². The third-order valence-electron chi connectivity index (χ3n) is 5.42. The number of hydrogen-bond donors (Lipinski definition) is 1. The minimum absolute atomic E-state index is 0.280. The first-order chi connectivity index (χ1) is 13.1. The maximum atomic E-state index is 6.15. The molecule has 2 aromatic rings. The number of aromatic nitrogens is 2. The average Bonchev–Trinajstić information content (AvgIpc) is 3.36. The molecule has 2 N–H and O–H groups in total. The number of benzene rings is 1.